The molecule has 0 fully saturated rings. The quantitative estimate of drug-likeness (QED) is 0.918. The van der Waals surface area contributed by atoms with E-state index in [-0.39, 0.29) is 12.4 Å². The molecule has 0 amide bonds. The molecule has 0 saturated carbocycles. The van der Waals surface area contributed by atoms with Crippen molar-refractivity contribution in [3.8, 4) is 11.5 Å². The van der Waals surface area contributed by atoms with E-state index < -0.39 is 0 Å². The maximum atomic E-state index is 13.2. The van der Waals surface area contributed by atoms with Crippen LogP contribution in [0.2, 0.25) is 5.02 Å². The molecular formula is C15H15ClFNO2. The number of nitrogens with two attached hydrogens (primary N) is 1. The van der Waals surface area contributed by atoms with Crippen LogP contribution in [-0.2, 0) is 13.2 Å². The summed E-state index contributed by atoms with van der Waals surface area (Å²) in [5, 5.41) is 0.459. The minimum atomic E-state index is -0.351. The summed E-state index contributed by atoms with van der Waals surface area (Å²) in [7, 11) is 1.56. The van der Waals surface area contributed by atoms with E-state index in [0.29, 0.717) is 28.6 Å². The Bertz CT molecular complexity index is 604. The Morgan fingerprint density at radius 3 is 2.65 bits per heavy atom. The molecule has 106 valence electrons. The molecule has 0 aromatic heterocycles. The highest BCUT2D eigenvalue weighted by atomic mass is 35.5. The molecule has 5 heteroatoms. The summed E-state index contributed by atoms with van der Waals surface area (Å²) in [5.41, 5.74) is 7.09. The van der Waals surface area contributed by atoms with E-state index in [1.165, 1.54) is 18.2 Å². The lowest BCUT2D eigenvalue weighted by atomic mass is 10.2. The van der Waals surface area contributed by atoms with Gasteiger partial charge in [-0.05, 0) is 35.9 Å². The lowest BCUT2D eigenvalue weighted by Gasteiger charge is -2.12. The Balaban J connectivity index is 2.19. The van der Waals surface area contributed by atoms with Crippen LogP contribution in [0.4, 0.5) is 4.39 Å². The van der Waals surface area contributed by atoms with Crippen LogP contribution < -0.4 is 15.2 Å². The molecule has 0 atom stereocenters. The highest BCUT2D eigenvalue weighted by molar-refractivity contribution is 6.31. The minimum absolute atomic E-state index is 0.154. The number of hydrogen-bond acceptors (Lipinski definition) is 3. The lowest BCUT2D eigenvalue weighted by Crippen LogP contribution is -2.01. The van der Waals surface area contributed by atoms with Gasteiger partial charge in [0.15, 0.2) is 11.5 Å². The van der Waals surface area contributed by atoms with Gasteiger partial charge in [0.2, 0.25) is 0 Å². The van der Waals surface area contributed by atoms with Crippen LogP contribution in [0.1, 0.15) is 11.1 Å². The minimum Gasteiger partial charge on any atom is -0.493 e. The van der Waals surface area contributed by atoms with Gasteiger partial charge < -0.3 is 15.2 Å². The number of benzene rings is 2. The molecule has 2 aromatic carbocycles. The van der Waals surface area contributed by atoms with Crippen molar-refractivity contribution in [3.63, 3.8) is 0 Å². The van der Waals surface area contributed by atoms with E-state index in [1.54, 1.807) is 19.2 Å². The van der Waals surface area contributed by atoms with Gasteiger partial charge in [0, 0.05) is 17.1 Å². The molecule has 0 radical (unpaired) electrons. The van der Waals surface area contributed by atoms with E-state index in [4.69, 9.17) is 26.8 Å². The van der Waals surface area contributed by atoms with Gasteiger partial charge in [-0.15, -0.1) is 0 Å². The molecule has 2 rings (SSSR count). The second-order valence-corrected chi connectivity index (χ2v) is 4.62. The SMILES string of the molecule is COc1ccc(CN)cc1OCc1cc(F)ccc1Cl. The fraction of sp³-hybridized carbons (Fsp3) is 0.200. The van der Waals surface area contributed by atoms with E-state index in [9.17, 15) is 4.39 Å². The monoisotopic (exact) mass is 295 g/mol. The third-order valence-electron chi connectivity index (χ3n) is 2.85. The zero-order valence-corrected chi connectivity index (χ0v) is 11.8. The van der Waals surface area contributed by atoms with Crippen molar-refractivity contribution in [2.24, 2.45) is 5.73 Å². The summed E-state index contributed by atoms with van der Waals surface area (Å²) in [5.74, 6) is 0.793. The Labute approximate surface area is 122 Å². The molecule has 0 aliphatic heterocycles. The maximum absolute atomic E-state index is 13.2. The second kappa shape index (κ2) is 6.59. The third-order valence-corrected chi connectivity index (χ3v) is 3.22. The third kappa shape index (κ3) is 3.40. The first kappa shape index (κ1) is 14.6. The van der Waals surface area contributed by atoms with E-state index >= 15 is 0 Å². The van der Waals surface area contributed by atoms with Gasteiger partial charge in [-0.25, -0.2) is 4.39 Å². The molecule has 20 heavy (non-hydrogen) atoms. The van der Waals surface area contributed by atoms with Crippen molar-refractivity contribution in [2.75, 3.05) is 7.11 Å². The van der Waals surface area contributed by atoms with Gasteiger partial charge in [0.1, 0.15) is 12.4 Å². The predicted octanol–water partition coefficient (Wildman–Crippen LogP) is 3.53. The van der Waals surface area contributed by atoms with Gasteiger partial charge in [0.05, 0.1) is 7.11 Å². The molecule has 3 nitrogen and oxygen atoms in total. The van der Waals surface area contributed by atoms with Crippen LogP contribution in [0.3, 0.4) is 0 Å². The van der Waals surface area contributed by atoms with Crippen LogP contribution in [0.5, 0.6) is 11.5 Å². The maximum Gasteiger partial charge on any atom is 0.161 e. The topological polar surface area (TPSA) is 44.5 Å². The molecule has 0 bridgehead atoms. The van der Waals surface area contributed by atoms with Crippen LogP contribution in [0.25, 0.3) is 0 Å². The zero-order chi connectivity index (χ0) is 14.5. The standard InChI is InChI=1S/C15H15ClFNO2/c1-19-14-5-2-10(8-18)6-15(14)20-9-11-7-12(17)3-4-13(11)16/h2-7H,8-9,18H2,1H3. The Kier molecular flexibility index (Phi) is 4.82. The molecule has 0 unspecified atom stereocenters. The van der Waals surface area contributed by atoms with E-state index in [2.05, 4.69) is 0 Å². The molecular weight excluding hydrogens is 281 g/mol. The second-order valence-electron chi connectivity index (χ2n) is 4.21. The van der Waals surface area contributed by atoms with Gasteiger partial charge in [0.25, 0.3) is 0 Å². The average Bonchev–Trinajstić information content (AvgIpc) is 2.47. The number of rotatable bonds is 5. The van der Waals surface area contributed by atoms with Gasteiger partial charge in [-0.2, -0.15) is 0 Å². The molecule has 0 spiro atoms. The Morgan fingerprint density at radius 1 is 1.15 bits per heavy atom. The highest BCUT2D eigenvalue weighted by Crippen LogP contribution is 2.29. The van der Waals surface area contributed by atoms with Gasteiger partial charge in [-0.3, -0.25) is 0 Å². The van der Waals surface area contributed by atoms with Crippen LogP contribution >= 0.6 is 11.6 Å². The molecule has 0 heterocycles. The van der Waals surface area contributed by atoms with Crippen LogP contribution in [0, 0.1) is 5.82 Å². The molecule has 0 aliphatic carbocycles. The summed E-state index contributed by atoms with van der Waals surface area (Å²) in [4.78, 5) is 0. The Hall–Kier alpha value is -1.78. The van der Waals surface area contributed by atoms with Crippen molar-refractivity contribution in [2.45, 2.75) is 13.2 Å². The van der Waals surface area contributed by atoms with Crippen LogP contribution in [0.15, 0.2) is 36.4 Å². The Morgan fingerprint density at radius 2 is 1.95 bits per heavy atom. The zero-order valence-electron chi connectivity index (χ0n) is 11.0. The summed E-state index contributed by atoms with van der Waals surface area (Å²) in [6.45, 7) is 0.558. The fourth-order valence-electron chi connectivity index (χ4n) is 1.77. The summed E-state index contributed by atoms with van der Waals surface area (Å²) in [6.07, 6.45) is 0. The molecule has 0 aliphatic rings. The van der Waals surface area contributed by atoms with Crippen molar-refractivity contribution in [1.82, 2.24) is 0 Å². The molecule has 2 N–H and O–H groups in total. The van der Waals surface area contributed by atoms with Gasteiger partial charge in [-0.1, -0.05) is 17.7 Å². The smallest absolute Gasteiger partial charge is 0.161 e. The van der Waals surface area contributed by atoms with Crippen molar-refractivity contribution in [1.29, 1.82) is 0 Å². The lowest BCUT2D eigenvalue weighted by molar-refractivity contribution is 0.284. The first-order valence-electron chi connectivity index (χ1n) is 6.07. The van der Waals surface area contributed by atoms with Crippen molar-refractivity contribution in [3.05, 3.63) is 58.4 Å². The largest absolute Gasteiger partial charge is 0.493 e. The first-order valence-corrected chi connectivity index (χ1v) is 6.45. The van der Waals surface area contributed by atoms with Gasteiger partial charge >= 0.3 is 0 Å². The van der Waals surface area contributed by atoms with E-state index in [1.807, 2.05) is 6.07 Å². The summed E-state index contributed by atoms with van der Waals surface area (Å²) in [6, 6.07) is 9.60. The fourth-order valence-corrected chi connectivity index (χ4v) is 1.94. The first-order chi connectivity index (χ1) is 9.63. The molecule has 0 saturated heterocycles. The van der Waals surface area contributed by atoms with Crippen LogP contribution in [-0.4, -0.2) is 7.11 Å². The average molecular weight is 296 g/mol. The summed E-state index contributed by atoms with van der Waals surface area (Å²) >= 11 is 6.00. The number of halogens is 2. The highest BCUT2D eigenvalue weighted by Gasteiger charge is 2.08. The number of ether oxygens (including phenoxy) is 2. The van der Waals surface area contributed by atoms with Crippen molar-refractivity contribution >= 4 is 11.6 Å². The normalized spacial score (nSPS) is 10.4. The van der Waals surface area contributed by atoms with E-state index in [0.717, 1.165) is 5.56 Å². The summed E-state index contributed by atoms with van der Waals surface area (Å²) < 4.78 is 24.1. The number of hydrogen-bond donors (Lipinski definition) is 1. The van der Waals surface area contributed by atoms with Crippen molar-refractivity contribution < 1.29 is 13.9 Å². The predicted molar refractivity (Wildman–Crippen MR) is 76.6 cm³/mol. The molecule has 2 aromatic rings. The number of methoxy groups -OCH3 is 1.